The molecular weight excluding hydrogens is 255 g/mol. The molecule has 1 fully saturated rings. The Bertz CT molecular complexity index is 539. The number of halogens is 1. The van der Waals surface area contributed by atoms with E-state index in [1.807, 2.05) is 0 Å². The van der Waals surface area contributed by atoms with E-state index in [0.29, 0.717) is 18.4 Å². The summed E-state index contributed by atoms with van der Waals surface area (Å²) in [6, 6.07) is 5.82. The third-order valence-electron chi connectivity index (χ3n) is 3.39. The first-order valence-electron chi connectivity index (χ1n) is 5.93. The Morgan fingerprint density at radius 1 is 1.39 bits per heavy atom. The molecule has 0 amide bonds. The molecule has 1 aromatic carbocycles. The largest absolute Gasteiger partial charge is 0.303 e. The third-order valence-corrected chi connectivity index (χ3v) is 5.23. The molecule has 5 heteroatoms. The van der Waals surface area contributed by atoms with Gasteiger partial charge in [-0.2, -0.15) is 0 Å². The van der Waals surface area contributed by atoms with Crippen LogP contribution in [-0.4, -0.2) is 26.2 Å². The molecule has 1 aliphatic heterocycles. The van der Waals surface area contributed by atoms with E-state index in [-0.39, 0.29) is 17.4 Å². The Balaban J connectivity index is 2.26. The maximum Gasteiger partial charge on any atom is 0.150 e. The molecule has 2 unspecified atom stereocenters. The highest BCUT2D eigenvalue weighted by Crippen LogP contribution is 2.31. The Labute approximate surface area is 106 Å². The minimum absolute atomic E-state index is 0.0208. The number of hydrogen-bond acceptors (Lipinski definition) is 3. The summed E-state index contributed by atoms with van der Waals surface area (Å²) in [5.41, 5.74) is 0.562. The number of hydrogen-bond donors (Lipinski definition) is 0. The molecule has 1 aromatic rings. The van der Waals surface area contributed by atoms with Crippen molar-refractivity contribution in [2.24, 2.45) is 5.92 Å². The van der Waals surface area contributed by atoms with E-state index in [0.717, 1.165) is 6.29 Å². The zero-order valence-electron chi connectivity index (χ0n) is 9.88. The van der Waals surface area contributed by atoms with Crippen molar-refractivity contribution in [3.05, 3.63) is 35.6 Å². The molecule has 1 heterocycles. The summed E-state index contributed by atoms with van der Waals surface area (Å²) in [5, 5.41) is 0. The van der Waals surface area contributed by atoms with Crippen molar-refractivity contribution in [3.63, 3.8) is 0 Å². The summed E-state index contributed by atoms with van der Waals surface area (Å²) in [4.78, 5) is 11.2. The summed E-state index contributed by atoms with van der Waals surface area (Å²) in [5.74, 6) is -0.956. The lowest BCUT2D eigenvalue weighted by molar-refractivity contribution is -0.110. The summed E-state index contributed by atoms with van der Waals surface area (Å²) >= 11 is 0. The molecule has 1 saturated heterocycles. The van der Waals surface area contributed by atoms with E-state index < -0.39 is 21.6 Å². The highest BCUT2D eigenvalue weighted by Gasteiger charge is 2.31. The van der Waals surface area contributed by atoms with Gasteiger partial charge in [-0.15, -0.1) is 0 Å². The molecule has 0 spiro atoms. The number of carbonyl (C=O) groups excluding carboxylic acids is 1. The normalized spacial score (nSPS) is 24.4. The van der Waals surface area contributed by atoms with E-state index in [1.165, 1.54) is 12.1 Å². The predicted octanol–water partition coefficient (Wildman–Crippen LogP) is 1.93. The molecule has 18 heavy (non-hydrogen) atoms. The maximum absolute atomic E-state index is 13.1. The smallest absolute Gasteiger partial charge is 0.150 e. The summed E-state index contributed by atoms with van der Waals surface area (Å²) in [7, 11) is -3.06. The van der Waals surface area contributed by atoms with Crippen LogP contribution in [0.1, 0.15) is 24.3 Å². The van der Waals surface area contributed by atoms with Gasteiger partial charge in [0.1, 0.15) is 12.1 Å². The van der Waals surface area contributed by atoms with E-state index in [1.54, 1.807) is 12.1 Å². The number of sulfone groups is 1. The first-order chi connectivity index (χ1) is 8.52. The predicted molar refractivity (Wildman–Crippen MR) is 66.6 cm³/mol. The third kappa shape index (κ3) is 2.96. The monoisotopic (exact) mass is 270 g/mol. The molecule has 0 aliphatic carbocycles. The van der Waals surface area contributed by atoms with E-state index in [9.17, 15) is 17.6 Å². The Morgan fingerprint density at radius 3 is 2.78 bits per heavy atom. The van der Waals surface area contributed by atoms with Gasteiger partial charge in [-0.3, -0.25) is 0 Å². The van der Waals surface area contributed by atoms with Crippen molar-refractivity contribution >= 4 is 16.1 Å². The first-order valence-corrected chi connectivity index (χ1v) is 7.75. The highest BCUT2D eigenvalue weighted by atomic mass is 32.2. The van der Waals surface area contributed by atoms with Crippen LogP contribution in [0.15, 0.2) is 24.3 Å². The van der Waals surface area contributed by atoms with Gasteiger partial charge in [0.15, 0.2) is 9.84 Å². The van der Waals surface area contributed by atoms with Gasteiger partial charge in [-0.1, -0.05) is 12.1 Å². The van der Waals surface area contributed by atoms with Crippen molar-refractivity contribution in [1.82, 2.24) is 0 Å². The number of aldehydes is 1. The van der Waals surface area contributed by atoms with Gasteiger partial charge in [0.25, 0.3) is 0 Å². The first kappa shape index (κ1) is 13.2. The van der Waals surface area contributed by atoms with Crippen LogP contribution in [0.3, 0.4) is 0 Å². The zero-order chi connectivity index (χ0) is 13.2. The van der Waals surface area contributed by atoms with Gasteiger partial charge in [-0.25, -0.2) is 12.8 Å². The minimum atomic E-state index is -3.06. The highest BCUT2D eigenvalue weighted by molar-refractivity contribution is 7.91. The lowest BCUT2D eigenvalue weighted by Crippen LogP contribution is -2.30. The average molecular weight is 270 g/mol. The Hall–Kier alpha value is -1.23. The zero-order valence-corrected chi connectivity index (χ0v) is 10.7. The molecular formula is C13H15FO3S. The second-order valence-corrected chi connectivity index (χ2v) is 6.96. The minimum Gasteiger partial charge on any atom is -0.303 e. The fourth-order valence-electron chi connectivity index (χ4n) is 2.52. The molecule has 0 radical (unpaired) electrons. The van der Waals surface area contributed by atoms with Gasteiger partial charge in [-0.05, 0) is 36.5 Å². The fourth-order valence-corrected chi connectivity index (χ4v) is 4.32. The summed E-state index contributed by atoms with van der Waals surface area (Å²) in [6.07, 6.45) is 2.01. The van der Waals surface area contributed by atoms with Crippen molar-refractivity contribution in [2.75, 3.05) is 11.5 Å². The van der Waals surface area contributed by atoms with Gasteiger partial charge in [0.2, 0.25) is 0 Å². The van der Waals surface area contributed by atoms with Crippen LogP contribution in [0.25, 0.3) is 0 Å². The van der Waals surface area contributed by atoms with Gasteiger partial charge in [0, 0.05) is 5.92 Å². The molecule has 0 aromatic heterocycles. The molecule has 0 bridgehead atoms. The molecule has 0 N–H and O–H groups in total. The van der Waals surface area contributed by atoms with E-state index >= 15 is 0 Å². The summed E-state index contributed by atoms with van der Waals surface area (Å²) in [6.45, 7) is 0. The van der Waals surface area contributed by atoms with Gasteiger partial charge >= 0.3 is 0 Å². The molecule has 2 rings (SSSR count). The van der Waals surface area contributed by atoms with Gasteiger partial charge < -0.3 is 4.79 Å². The van der Waals surface area contributed by atoms with E-state index in [2.05, 4.69) is 0 Å². The SMILES string of the molecule is O=CC(c1cccc(F)c1)C1CCCS(=O)(=O)C1. The number of benzene rings is 1. The van der Waals surface area contributed by atoms with Crippen LogP contribution in [0.5, 0.6) is 0 Å². The van der Waals surface area contributed by atoms with Crippen LogP contribution < -0.4 is 0 Å². The van der Waals surface area contributed by atoms with Crippen molar-refractivity contribution in [3.8, 4) is 0 Å². The van der Waals surface area contributed by atoms with Crippen molar-refractivity contribution in [2.45, 2.75) is 18.8 Å². The average Bonchev–Trinajstić information content (AvgIpc) is 2.29. The van der Waals surface area contributed by atoms with Crippen molar-refractivity contribution in [1.29, 1.82) is 0 Å². The van der Waals surface area contributed by atoms with Crippen LogP contribution >= 0.6 is 0 Å². The maximum atomic E-state index is 13.1. The molecule has 0 saturated carbocycles. The lowest BCUT2D eigenvalue weighted by Gasteiger charge is -2.26. The second-order valence-electron chi connectivity index (χ2n) is 4.73. The lowest BCUT2D eigenvalue weighted by atomic mass is 9.85. The molecule has 1 aliphatic rings. The van der Waals surface area contributed by atoms with Crippen molar-refractivity contribution < 1.29 is 17.6 Å². The van der Waals surface area contributed by atoms with Crippen LogP contribution in [0, 0.1) is 11.7 Å². The van der Waals surface area contributed by atoms with E-state index in [4.69, 9.17) is 0 Å². The Kier molecular flexibility index (Phi) is 3.80. The van der Waals surface area contributed by atoms with Crippen LogP contribution in [0.4, 0.5) is 4.39 Å². The second kappa shape index (κ2) is 5.18. The molecule has 3 nitrogen and oxygen atoms in total. The molecule has 98 valence electrons. The Morgan fingerprint density at radius 2 is 2.17 bits per heavy atom. The van der Waals surface area contributed by atoms with Crippen LogP contribution in [0.2, 0.25) is 0 Å². The number of rotatable bonds is 3. The summed E-state index contributed by atoms with van der Waals surface area (Å²) < 4.78 is 36.3. The standard InChI is InChI=1S/C13H15FO3S/c14-12-5-1-3-10(7-12)13(8-15)11-4-2-6-18(16,17)9-11/h1,3,5,7-8,11,13H,2,4,6,9H2. The molecule has 2 atom stereocenters. The topological polar surface area (TPSA) is 51.2 Å². The quantitative estimate of drug-likeness (QED) is 0.789. The van der Waals surface area contributed by atoms with Gasteiger partial charge in [0.05, 0.1) is 11.5 Å². The van der Waals surface area contributed by atoms with Crippen LogP contribution in [-0.2, 0) is 14.6 Å². The fraction of sp³-hybridized carbons (Fsp3) is 0.462. The number of carbonyl (C=O) groups is 1.